The molecule has 0 saturated carbocycles. The highest BCUT2D eigenvalue weighted by molar-refractivity contribution is 5.88. The van der Waals surface area contributed by atoms with Crippen LogP contribution in [0, 0.1) is 11.8 Å². The summed E-state index contributed by atoms with van der Waals surface area (Å²) in [5, 5.41) is 0. The Morgan fingerprint density at radius 1 is 0.806 bits per heavy atom. The van der Waals surface area contributed by atoms with Crippen molar-refractivity contribution in [3.05, 3.63) is 23.3 Å². The minimum atomic E-state index is -0.179. The van der Waals surface area contributed by atoms with Gasteiger partial charge in [0.1, 0.15) is 0 Å². The van der Waals surface area contributed by atoms with Gasteiger partial charge < -0.3 is 33.2 Å². The Morgan fingerprint density at radius 2 is 1.52 bits per heavy atom. The van der Waals surface area contributed by atoms with Crippen LogP contribution >= 0.6 is 0 Å². The molecule has 0 amide bonds. The van der Waals surface area contributed by atoms with Crippen LogP contribution in [0.1, 0.15) is 31.1 Å². The van der Waals surface area contributed by atoms with E-state index in [9.17, 15) is 0 Å². The summed E-state index contributed by atoms with van der Waals surface area (Å²) in [7, 11) is 8.23. The number of hydrogen-bond acceptors (Lipinski definition) is 7. The Bertz CT molecular complexity index is 985. The fraction of sp³-hybridized carbons (Fsp3) is 0.500. The average molecular weight is 430 g/mol. The van der Waals surface area contributed by atoms with E-state index in [2.05, 4.69) is 19.9 Å². The fourth-order valence-electron chi connectivity index (χ4n) is 4.81. The molecule has 0 N–H and O–H groups in total. The van der Waals surface area contributed by atoms with E-state index in [1.807, 2.05) is 6.07 Å². The van der Waals surface area contributed by atoms with E-state index in [0.29, 0.717) is 40.4 Å². The van der Waals surface area contributed by atoms with Gasteiger partial charge in [-0.25, -0.2) is 0 Å². The maximum Gasteiger partial charge on any atom is 0.231 e. The second-order valence-electron chi connectivity index (χ2n) is 7.98. The molecule has 0 fully saturated rings. The summed E-state index contributed by atoms with van der Waals surface area (Å²) in [6, 6.07) is 4.03. The topological polar surface area (TPSA) is 64.6 Å². The molecular formula is C24H30O7. The number of fused-ring (bicyclic) bond motifs is 4. The molecule has 1 aliphatic carbocycles. The van der Waals surface area contributed by atoms with Crippen LogP contribution in [0.2, 0.25) is 0 Å². The van der Waals surface area contributed by atoms with Crippen LogP contribution in [0.15, 0.2) is 12.1 Å². The van der Waals surface area contributed by atoms with Gasteiger partial charge in [-0.15, -0.1) is 0 Å². The Morgan fingerprint density at radius 3 is 2.13 bits per heavy atom. The first-order valence-electron chi connectivity index (χ1n) is 10.4. The van der Waals surface area contributed by atoms with Gasteiger partial charge in [0.15, 0.2) is 23.0 Å². The van der Waals surface area contributed by atoms with E-state index in [1.165, 1.54) is 0 Å². The lowest BCUT2D eigenvalue weighted by atomic mass is 9.76. The number of rotatable bonds is 5. The van der Waals surface area contributed by atoms with Crippen LogP contribution in [0.25, 0.3) is 11.1 Å². The minimum Gasteiger partial charge on any atom is -0.493 e. The van der Waals surface area contributed by atoms with Crippen molar-refractivity contribution in [3.8, 4) is 45.6 Å². The molecule has 1 heterocycles. The largest absolute Gasteiger partial charge is 0.493 e. The quantitative estimate of drug-likeness (QED) is 0.685. The first-order valence-corrected chi connectivity index (χ1v) is 10.4. The maximum atomic E-state index is 6.04. The highest BCUT2D eigenvalue weighted by Crippen LogP contribution is 2.58. The zero-order chi connectivity index (χ0) is 22.3. The van der Waals surface area contributed by atoms with Crippen molar-refractivity contribution in [2.24, 2.45) is 11.8 Å². The second-order valence-corrected chi connectivity index (χ2v) is 7.98. The lowest BCUT2D eigenvalue weighted by molar-refractivity contribution is 0.0361. The Labute approximate surface area is 183 Å². The maximum absolute atomic E-state index is 6.04. The van der Waals surface area contributed by atoms with Gasteiger partial charge in [0, 0.05) is 18.2 Å². The second kappa shape index (κ2) is 8.38. The van der Waals surface area contributed by atoms with Crippen LogP contribution in [0.4, 0.5) is 0 Å². The van der Waals surface area contributed by atoms with Crippen molar-refractivity contribution in [2.75, 3.05) is 42.3 Å². The molecule has 7 nitrogen and oxygen atoms in total. The Kier molecular flexibility index (Phi) is 5.79. The fourth-order valence-corrected chi connectivity index (χ4v) is 4.81. The molecule has 2 aliphatic rings. The molecule has 7 heteroatoms. The van der Waals surface area contributed by atoms with E-state index >= 15 is 0 Å². The van der Waals surface area contributed by atoms with Gasteiger partial charge in [0.05, 0.1) is 34.5 Å². The predicted molar refractivity (Wildman–Crippen MR) is 116 cm³/mol. The molecule has 0 aromatic heterocycles. The first-order chi connectivity index (χ1) is 15.0. The molecule has 4 rings (SSSR count). The summed E-state index contributed by atoms with van der Waals surface area (Å²) in [6.07, 6.45) is 0.641. The predicted octanol–water partition coefficient (Wildman–Crippen LogP) is 4.63. The van der Waals surface area contributed by atoms with Crippen molar-refractivity contribution in [3.63, 3.8) is 0 Å². The summed E-state index contributed by atoms with van der Waals surface area (Å²) in [6.45, 7) is 4.61. The summed E-state index contributed by atoms with van der Waals surface area (Å²) in [5.41, 5.74) is 3.81. The first kappa shape index (κ1) is 21.4. The number of hydrogen-bond donors (Lipinski definition) is 0. The van der Waals surface area contributed by atoms with Gasteiger partial charge in [0.25, 0.3) is 0 Å². The van der Waals surface area contributed by atoms with Crippen LogP contribution in [-0.2, 0) is 11.2 Å². The van der Waals surface area contributed by atoms with Gasteiger partial charge in [-0.3, -0.25) is 0 Å². The SMILES string of the molecule is COc1cc2c(c(OC)c1OC)-c1c(cc3c(c1OC)OCO3)C[C@H](C)[C@H](C)[C@H]2OC. The molecule has 2 aromatic rings. The summed E-state index contributed by atoms with van der Waals surface area (Å²) in [4.78, 5) is 0. The summed E-state index contributed by atoms with van der Waals surface area (Å²) < 4.78 is 40.7. The lowest BCUT2D eigenvalue weighted by Gasteiger charge is -2.35. The van der Waals surface area contributed by atoms with Crippen LogP contribution in [0.3, 0.4) is 0 Å². The highest BCUT2D eigenvalue weighted by atomic mass is 16.7. The van der Waals surface area contributed by atoms with Crippen molar-refractivity contribution >= 4 is 0 Å². The molecular weight excluding hydrogens is 400 g/mol. The van der Waals surface area contributed by atoms with Gasteiger partial charge in [0.2, 0.25) is 18.3 Å². The summed E-state index contributed by atoms with van der Waals surface area (Å²) >= 11 is 0. The smallest absolute Gasteiger partial charge is 0.231 e. The van der Waals surface area contributed by atoms with Crippen molar-refractivity contribution in [2.45, 2.75) is 26.4 Å². The monoisotopic (exact) mass is 430 g/mol. The van der Waals surface area contributed by atoms with Crippen LogP contribution in [0.5, 0.6) is 34.5 Å². The molecule has 2 aromatic carbocycles. The molecule has 3 atom stereocenters. The molecule has 0 radical (unpaired) electrons. The molecule has 0 saturated heterocycles. The molecule has 168 valence electrons. The number of methoxy groups -OCH3 is 5. The van der Waals surface area contributed by atoms with E-state index in [1.54, 1.807) is 35.5 Å². The number of benzene rings is 2. The van der Waals surface area contributed by atoms with Crippen molar-refractivity contribution < 1.29 is 33.2 Å². The Balaban J connectivity index is 2.17. The lowest BCUT2D eigenvalue weighted by Crippen LogP contribution is -2.24. The van der Waals surface area contributed by atoms with Crippen LogP contribution < -0.4 is 28.4 Å². The molecule has 1 aliphatic heterocycles. The molecule has 0 unspecified atom stereocenters. The zero-order valence-electron chi connectivity index (χ0n) is 19.2. The van der Waals surface area contributed by atoms with E-state index in [-0.39, 0.29) is 18.8 Å². The molecule has 0 bridgehead atoms. The van der Waals surface area contributed by atoms with Crippen molar-refractivity contribution in [1.82, 2.24) is 0 Å². The Hall–Kier alpha value is -2.80. The average Bonchev–Trinajstić information content (AvgIpc) is 3.25. The van der Waals surface area contributed by atoms with Gasteiger partial charge in [-0.05, 0) is 41.5 Å². The van der Waals surface area contributed by atoms with E-state index in [0.717, 1.165) is 28.7 Å². The van der Waals surface area contributed by atoms with Crippen LogP contribution in [-0.4, -0.2) is 42.3 Å². The van der Waals surface area contributed by atoms with Gasteiger partial charge >= 0.3 is 0 Å². The third-order valence-electron chi connectivity index (χ3n) is 6.49. The molecule has 31 heavy (non-hydrogen) atoms. The zero-order valence-corrected chi connectivity index (χ0v) is 19.2. The third-order valence-corrected chi connectivity index (χ3v) is 6.49. The molecule has 0 spiro atoms. The van der Waals surface area contributed by atoms with Crippen molar-refractivity contribution in [1.29, 1.82) is 0 Å². The van der Waals surface area contributed by atoms with Gasteiger partial charge in [-0.2, -0.15) is 0 Å². The standard InChI is InChI=1S/C24H30O7/c1-12-8-14-9-17-22(31-11-30-17)23(28-6)18(14)19-15(20(26-4)13(12)2)10-16(25-3)21(27-5)24(19)29-7/h9-10,12-13,20H,8,11H2,1-7H3/t12-,13-,20+/m0/s1. The van der Waals surface area contributed by atoms with E-state index in [4.69, 9.17) is 33.2 Å². The third kappa shape index (κ3) is 3.22. The van der Waals surface area contributed by atoms with E-state index < -0.39 is 0 Å². The highest BCUT2D eigenvalue weighted by Gasteiger charge is 2.38. The normalized spacial score (nSPS) is 21.5. The summed E-state index contributed by atoms with van der Waals surface area (Å²) in [5.74, 6) is 4.15. The number of ether oxygens (including phenoxy) is 7. The van der Waals surface area contributed by atoms with Gasteiger partial charge in [-0.1, -0.05) is 13.8 Å². The minimum absolute atomic E-state index is 0.164.